The molecule has 2 aliphatic heterocycles. The molecule has 4 atom stereocenters. The second-order valence-corrected chi connectivity index (χ2v) is 15.5. The SMILES string of the molecule is COC(=O)N[C@H](C(=O)N1CCCC1c1ncc(-c2cnc3cc(-c4ccc(-c5cnc([C@@H]6CCCN6C(=O)[C@@H](NC(=O)OC)C(C)C)[nH]5)cc4)ccc3n2)[nH]1)C(C)C. The highest BCUT2D eigenvalue weighted by molar-refractivity contribution is 5.87. The molecular formula is C42H50N10O6. The molecule has 2 aliphatic rings. The van der Waals surface area contributed by atoms with Gasteiger partial charge < -0.3 is 39.9 Å². The molecule has 1 unspecified atom stereocenters. The van der Waals surface area contributed by atoms with Gasteiger partial charge in [-0.2, -0.15) is 0 Å². The van der Waals surface area contributed by atoms with E-state index in [4.69, 9.17) is 19.4 Å². The first-order valence-corrected chi connectivity index (χ1v) is 19.7. The lowest BCUT2D eigenvalue weighted by Crippen LogP contribution is -2.51. The molecule has 2 aromatic carbocycles. The van der Waals surface area contributed by atoms with E-state index in [-0.39, 0.29) is 35.7 Å². The molecule has 0 aliphatic carbocycles. The van der Waals surface area contributed by atoms with Gasteiger partial charge in [0, 0.05) is 13.1 Å². The topological polar surface area (TPSA) is 200 Å². The van der Waals surface area contributed by atoms with E-state index in [1.807, 2.05) is 70.2 Å². The number of ether oxygens (including phenoxy) is 2. The highest BCUT2D eigenvalue weighted by Gasteiger charge is 2.39. The summed E-state index contributed by atoms with van der Waals surface area (Å²) in [5.74, 6) is 0.826. The van der Waals surface area contributed by atoms with Gasteiger partial charge in [0.05, 0.1) is 67.3 Å². The number of alkyl carbamates (subject to hydrolysis) is 2. The van der Waals surface area contributed by atoms with Crippen molar-refractivity contribution in [2.75, 3.05) is 27.3 Å². The number of H-pyrrole nitrogens is 2. The molecule has 2 saturated heterocycles. The van der Waals surface area contributed by atoms with E-state index < -0.39 is 24.3 Å². The molecule has 2 fully saturated rings. The third-order valence-corrected chi connectivity index (χ3v) is 11.0. The Morgan fingerprint density at radius 1 is 0.655 bits per heavy atom. The number of methoxy groups -OCH3 is 2. The highest BCUT2D eigenvalue weighted by atomic mass is 16.5. The lowest BCUT2D eigenvalue weighted by atomic mass is 10.0. The Morgan fingerprint density at radius 2 is 1.16 bits per heavy atom. The predicted molar refractivity (Wildman–Crippen MR) is 216 cm³/mol. The van der Waals surface area contributed by atoms with E-state index in [0.717, 1.165) is 59.1 Å². The molecule has 58 heavy (non-hydrogen) atoms. The summed E-state index contributed by atoms with van der Waals surface area (Å²) in [6.07, 6.45) is 7.14. The predicted octanol–water partition coefficient (Wildman–Crippen LogP) is 6.17. The van der Waals surface area contributed by atoms with Crippen LogP contribution in [0.5, 0.6) is 0 Å². The highest BCUT2D eigenvalue weighted by Crippen LogP contribution is 2.35. The smallest absolute Gasteiger partial charge is 0.407 e. The van der Waals surface area contributed by atoms with E-state index in [9.17, 15) is 19.2 Å². The molecule has 0 radical (unpaired) electrons. The van der Waals surface area contributed by atoms with Crippen molar-refractivity contribution in [1.82, 2.24) is 50.3 Å². The number of imidazole rings is 2. The van der Waals surface area contributed by atoms with Crippen molar-refractivity contribution in [2.24, 2.45) is 11.8 Å². The number of aromatic amines is 2. The Bertz CT molecular complexity index is 2290. The van der Waals surface area contributed by atoms with Crippen LogP contribution in [0.15, 0.2) is 61.1 Å². The molecule has 304 valence electrons. The normalized spacial score (nSPS) is 17.8. The van der Waals surface area contributed by atoms with Crippen LogP contribution in [0.25, 0.3) is 44.8 Å². The van der Waals surface area contributed by atoms with Gasteiger partial charge in [-0.3, -0.25) is 14.6 Å². The maximum Gasteiger partial charge on any atom is 0.407 e. The zero-order chi connectivity index (χ0) is 41.1. The number of hydrogen-bond acceptors (Lipinski definition) is 10. The Hall–Kier alpha value is -6.32. The first kappa shape index (κ1) is 39.9. The van der Waals surface area contributed by atoms with Crippen molar-refractivity contribution in [3.05, 3.63) is 72.7 Å². The fourth-order valence-electron chi connectivity index (χ4n) is 7.84. The van der Waals surface area contributed by atoms with Gasteiger partial charge in [0.25, 0.3) is 0 Å². The van der Waals surface area contributed by atoms with Gasteiger partial charge in [0.1, 0.15) is 29.4 Å². The first-order chi connectivity index (χ1) is 27.9. The maximum absolute atomic E-state index is 13.6. The number of carbonyl (C=O) groups excluding carboxylic acids is 4. The molecule has 16 heteroatoms. The van der Waals surface area contributed by atoms with Gasteiger partial charge in [-0.15, -0.1) is 0 Å². The number of aromatic nitrogens is 6. The van der Waals surface area contributed by atoms with Crippen molar-refractivity contribution in [3.8, 4) is 33.8 Å². The molecule has 0 saturated carbocycles. The van der Waals surface area contributed by atoms with E-state index >= 15 is 0 Å². The second kappa shape index (κ2) is 17.0. The van der Waals surface area contributed by atoms with Crippen LogP contribution in [0.2, 0.25) is 0 Å². The third kappa shape index (κ3) is 8.22. The number of carbonyl (C=O) groups is 4. The van der Waals surface area contributed by atoms with Crippen molar-refractivity contribution in [3.63, 3.8) is 0 Å². The lowest BCUT2D eigenvalue weighted by molar-refractivity contribution is -0.136. The molecule has 5 heterocycles. The van der Waals surface area contributed by atoms with Crippen LogP contribution in [0, 0.1) is 11.8 Å². The van der Waals surface area contributed by atoms with Crippen LogP contribution in [0.3, 0.4) is 0 Å². The van der Waals surface area contributed by atoms with Gasteiger partial charge in [-0.1, -0.05) is 58.0 Å². The maximum atomic E-state index is 13.6. The first-order valence-electron chi connectivity index (χ1n) is 19.7. The zero-order valence-corrected chi connectivity index (χ0v) is 33.6. The summed E-state index contributed by atoms with van der Waals surface area (Å²) in [5.41, 5.74) is 6.60. The van der Waals surface area contributed by atoms with Gasteiger partial charge in [-0.25, -0.2) is 24.5 Å². The van der Waals surface area contributed by atoms with Crippen molar-refractivity contribution >= 4 is 35.0 Å². The minimum atomic E-state index is -0.710. The summed E-state index contributed by atoms with van der Waals surface area (Å²) in [6, 6.07) is 12.3. The average molecular weight is 791 g/mol. The minimum Gasteiger partial charge on any atom is -0.453 e. The minimum absolute atomic E-state index is 0.111. The van der Waals surface area contributed by atoms with Gasteiger partial charge >= 0.3 is 12.2 Å². The third-order valence-electron chi connectivity index (χ3n) is 11.0. The number of likely N-dealkylation sites (tertiary alicyclic amines) is 2. The Morgan fingerprint density at radius 3 is 1.69 bits per heavy atom. The fourth-order valence-corrected chi connectivity index (χ4v) is 7.84. The number of amides is 4. The Balaban J connectivity index is 1.02. The Kier molecular flexibility index (Phi) is 11.7. The van der Waals surface area contributed by atoms with Crippen LogP contribution in [-0.4, -0.2) is 103 Å². The Labute approximate surface area is 336 Å². The number of fused-ring (bicyclic) bond motifs is 1. The summed E-state index contributed by atoms with van der Waals surface area (Å²) in [6.45, 7) is 8.72. The van der Waals surface area contributed by atoms with E-state index in [1.165, 1.54) is 14.2 Å². The zero-order valence-electron chi connectivity index (χ0n) is 33.6. The number of hydrogen-bond donors (Lipinski definition) is 4. The average Bonchev–Trinajstić information content (AvgIpc) is 4.07. The fraction of sp³-hybridized carbons (Fsp3) is 0.429. The summed E-state index contributed by atoms with van der Waals surface area (Å²) < 4.78 is 9.51. The number of nitrogens with zero attached hydrogens (tertiary/aromatic N) is 6. The van der Waals surface area contributed by atoms with Crippen LogP contribution in [0.4, 0.5) is 9.59 Å². The van der Waals surface area contributed by atoms with Crippen LogP contribution in [-0.2, 0) is 19.1 Å². The number of rotatable bonds is 11. The monoisotopic (exact) mass is 790 g/mol. The number of nitrogens with one attached hydrogen (secondary N) is 4. The summed E-state index contributed by atoms with van der Waals surface area (Å²) in [5, 5.41) is 5.38. The quantitative estimate of drug-likeness (QED) is 0.120. The second-order valence-electron chi connectivity index (χ2n) is 15.5. The summed E-state index contributed by atoms with van der Waals surface area (Å²) in [7, 11) is 2.57. The molecule has 5 aromatic rings. The van der Waals surface area contributed by atoms with Crippen LogP contribution in [0.1, 0.15) is 77.1 Å². The molecule has 3 aromatic heterocycles. The van der Waals surface area contributed by atoms with Crippen LogP contribution >= 0.6 is 0 Å². The van der Waals surface area contributed by atoms with Crippen LogP contribution < -0.4 is 10.6 Å². The van der Waals surface area contributed by atoms with E-state index in [1.54, 1.807) is 28.4 Å². The van der Waals surface area contributed by atoms with Crippen molar-refractivity contribution < 1.29 is 28.7 Å². The molecule has 7 rings (SSSR count). The summed E-state index contributed by atoms with van der Waals surface area (Å²) in [4.78, 5) is 80.3. The molecule has 4 N–H and O–H groups in total. The largest absolute Gasteiger partial charge is 0.453 e. The molecule has 0 bridgehead atoms. The molecular weight excluding hydrogens is 741 g/mol. The van der Waals surface area contributed by atoms with Crippen molar-refractivity contribution in [2.45, 2.75) is 77.5 Å². The molecule has 4 amide bonds. The lowest BCUT2D eigenvalue weighted by Gasteiger charge is -2.30. The molecule has 16 nitrogen and oxygen atoms in total. The van der Waals surface area contributed by atoms with Crippen molar-refractivity contribution in [1.29, 1.82) is 0 Å². The molecule has 0 spiro atoms. The van der Waals surface area contributed by atoms with Gasteiger partial charge in [-0.05, 0) is 66.3 Å². The van der Waals surface area contributed by atoms with E-state index in [2.05, 4.69) is 30.6 Å². The summed E-state index contributed by atoms with van der Waals surface area (Å²) >= 11 is 0. The number of benzene rings is 2. The van der Waals surface area contributed by atoms with E-state index in [0.29, 0.717) is 36.1 Å². The van der Waals surface area contributed by atoms with Gasteiger partial charge in [0.15, 0.2) is 0 Å². The standard InChI is InChI=1S/C42H50N10O6/c1-23(2)35(49-41(55)57-5)39(53)51-17-7-9-33(51)37-44-20-30(47-37)26-13-11-25(12-14-26)27-15-16-28-29(19-27)43-21-31(46-28)32-22-45-38(48-32)34-10-8-18-52(34)40(54)36(24(3)4)50-42(56)58-6/h11-16,19-24,33-36H,7-10,17-18H2,1-6H3,(H,44,47)(H,45,48)(H,49,55)(H,50,56)/t33-,34?,35-,36-/m0/s1. The van der Waals surface area contributed by atoms with Gasteiger partial charge in [0.2, 0.25) is 11.8 Å².